The highest BCUT2D eigenvalue weighted by atomic mass is 32.1. The zero-order chi connectivity index (χ0) is 34.4. The Morgan fingerprint density at radius 2 is 1.67 bits per heavy atom. The van der Waals surface area contributed by atoms with Crippen LogP contribution in [0.15, 0.2) is 78.4 Å². The minimum absolute atomic E-state index is 0.0261. The van der Waals surface area contributed by atoms with E-state index in [1.54, 1.807) is 16.2 Å². The van der Waals surface area contributed by atoms with E-state index in [9.17, 15) is 19.8 Å². The predicted molar refractivity (Wildman–Crippen MR) is 194 cm³/mol. The Morgan fingerprint density at radius 1 is 0.939 bits per heavy atom. The maximum atomic E-state index is 14.7. The first-order valence-corrected chi connectivity index (χ1v) is 19.1. The van der Waals surface area contributed by atoms with E-state index in [-0.39, 0.29) is 41.1 Å². The SMILES string of the molecule is CCCN(C[C@]1(O)CC[C@H]2[C@]34C=C[C@@]5(C=C3C(=O)c3ccc(C)s3)CC(O)CC[C@]5(C)[C@H]4CC[C@@]21C)C(=O)Oc1ccc2ccccc2c1. The van der Waals surface area contributed by atoms with Crippen molar-refractivity contribution in [1.29, 1.82) is 0 Å². The molecule has 2 bridgehead atoms. The number of ether oxygens (including phenoxy) is 1. The van der Waals surface area contributed by atoms with Crippen molar-refractivity contribution in [3.8, 4) is 5.75 Å². The lowest BCUT2D eigenvalue weighted by atomic mass is 9.32. The maximum absolute atomic E-state index is 14.7. The van der Waals surface area contributed by atoms with Crippen LogP contribution in [-0.4, -0.2) is 51.8 Å². The second kappa shape index (κ2) is 11.4. The molecule has 258 valence electrons. The molecule has 6 aliphatic carbocycles. The summed E-state index contributed by atoms with van der Waals surface area (Å²) in [6.45, 7) is 9.39. The Bertz CT molecular complexity index is 1900. The van der Waals surface area contributed by atoms with Crippen LogP contribution in [-0.2, 0) is 0 Å². The lowest BCUT2D eigenvalue weighted by Gasteiger charge is -2.71. The first-order valence-electron chi connectivity index (χ1n) is 18.3. The number of fused-ring (bicyclic) bond motifs is 2. The van der Waals surface area contributed by atoms with Gasteiger partial charge in [0.15, 0.2) is 5.78 Å². The first-order chi connectivity index (χ1) is 23.4. The molecule has 1 aromatic heterocycles. The molecule has 0 saturated heterocycles. The molecule has 2 aromatic carbocycles. The third-order valence-electron chi connectivity index (χ3n) is 14.1. The number of benzene rings is 2. The van der Waals surface area contributed by atoms with Gasteiger partial charge in [0.2, 0.25) is 0 Å². The van der Waals surface area contributed by atoms with Crippen molar-refractivity contribution in [2.24, 2.45) is 33.5 Å². The average molecular weight is 680 g/mol. The molecule has 3 saturated carbocycles. The molecular weight excluding hydrogens is 631 g/mol. The second-order valence-corrected chi connectivity index (χ2v) is 17.6. The van der Waals surface area contributed by atoms with Crippen molar-refractivity contribution in [2.45, 2.75) is 90.8 Å². The summed E-state index contributed by atoms with van der Waals surface area (Å²) in [6, 6.07) is 17.7. The van der Waals surface area contributed by atoms with Crippen LogP contribution in [0.2, 0.25) is 0 Å². The van der Waals surface area contributed by atoms with E-state index in [1.165, 1.54) is 0 Å². The van der Waals surface area contributed by atoms with E-state index in [0.29, 0.717) is 25.1 Å². The lowest BCUT2D eigenvalue weighted by Crippen LogP contribution is -2.67. The third kappa shape index (κ3) is 4.64. The molecule has 6 aliphatic rings. The Labute approximate surface area is 293 Å². The van der Waals surface area contributed by atoms with Crippen LogP contribution in [0.4, 0.5) is 4.79 Å². The average Bonchev–Trinajstić information content (AvgIpc) is 3.64. The van der Waals surface area contributed by atoms with E-state index in [4.69, 9.17) is 4.74 Å². The summed E-state index contributed by atoms with van der Waals surface area (Å²) in [7, 11) is 0. The second-order valence-electron chi connectivity index (χ2n) is 16.3. The van der Waals surface area contributed by atoms with E-state index >= 15 is 0 Å². The number of rotatable bonds is 7. The number of hydrogen-bond donors (Lipinski definition) is 2. The number of ketones is 1. The monoisotopic (exact) mass is 679 g/mol. The summed E-state index contributed by atoms with van der Waals surface area (Å²) < 4.78 is 5.97. The molecule has 0 aliphatic heterocycles. The van der Waals surface area contributed by atoms with Gasteiger partial charge in [-0.3, -0.25) is 4.79 Å². The smallest absolute Gasteiger partial charge is 0.410 e. The summed E-state index contributed by atoms with van der Waals surface area (Å²) in [6.07, 6.45) is 12.3. The third-order valence-corrected chi connectivity index (χ3v) is 15.1. The van der Waals surface area contributed by atoms with Crippen LogP contribution in [0.1, 0.15) is 86.7 Å². The summed E-state index contributed by atoms with van der Waals surface area (Å²) in [5.41, 5.74) is -1.78. The summed E-state index contributed by atoms with van der Waals surface area (Å²) in [4.78, 5) is 32.1. The first kappa shape index (κ1) is 32.9. The number of hydrogen-bond acceptors (Lipinski definition) is 6. The Morgan fingerprint density at radius 3 is 2.43 bits per heavy atom. The van der Waals surface area contributed by atoms with Gasteiger partial charge < -0.3 is 19.8 Å². The zero-order valence-electron chi connectivity index (χ0n) is 29.2. The minimum atomic E-state index is -1.15. The molecule has 8 atom stereocenters. The van der Waals surface area contributed by atoms with E-state index in [2.05, 4.69) is 32.1 Å². The quantitative estimate of drug-likeness (QED) is 0.192. The number of nitrogens with zero attached hydrogens (tertiary/aromatic N) is 1. The van der Waals surface area contributed by atoms with Crippen LogP contribution < -0.4 is 4.74 Å². The van der Waals surface area contributed by atoms with Crippen LogP contribution >= 0.6 is 11.3 Å². The van der Waals surface area contributed by atoms with Crippen LogP contribution in [0.5, 0.6) is 5.75 Å². The number of carbonyl (C=O) groups excluding carboxylic acids is 2. The fraction of sp³-hybridized carbons (Fsp3) is 0.524. The lowest BCUT2D eigenvalue weighted by molar-refractivity contribution is -0.175. The number of thiophene rings is 1. The number of allylic oxidation sites excluding steroid dienone is 4. The molecule has 3 fully saturated rings. The Kier molecular flexibility index (Phi) is 7.64. The molecular formula is C42H49NO5S. The molecule has 1 unspecified atom stereocenters. The molecule has 6 nitrogen and oxygen atoms in total. The largest absolute Gasteiger partial charge is 0.415 e. The van der Waals surface area contributed by atoms with E-state index < -0.39 is 22.5 Å². The number of amides is 1. The molecule has 7 heteroatoms. The van der Waals surface area contributed by atoms with E-state index in [0.717, 1.165) is 64.6 Å². The molecule has 49 heavy (non-hydrogen) atoms. The van der Waals surface area contributed by atoms with Gasteiger partial charge in [0.1, 0.15) is 5.75 Å². The molecule has 2 N–H and O–H groups in total. The highest BCUT2D eigenvalue weighted by Crippen LogP contribution is 2.78. The van der Waals surface area contributed by atoms with E-state index in [1.807, 2.05) is 68.4 Å². The van der Waals surface area contributed by atoms with Crippen molar-refractivity contribution in [2.75, 3.05) is 13.1 Å². The standard InChI is InChI=1S/C42H49NO5S/c1-5-22-43(37(46)48-31-12-11-28-8-6-7-9-29(28)23-31)26-41(47)19-16-35-39(41,4)18-15-34-38(3)17-14-30(44)24-40(38)20-21-42(34,35)32(25-40)36(45)33-13-10-27(2)49-33/h6-13,20-21,23,25,30,34-35,44,47H,5,14-19,22,24,26H2,1-4H3/t30?,34-,35-,38-,39+,40+,41-,42-/m1/s1. The molecule has 1 amide bonds. The maximum Gasteiger partial charge on any atom is 0.415 e. The summed E-state index contributed by atoms with van der Waals surface area (Å²) in [5.74, 6) is 0.846. The Balaban J connectivity index is 1.15. The van der Waals surface area contributed by atoms with Crippen molar-refractivity contribution >= 4 is 34.0 Å². The van der Waals surface area contributed by atoms with Crippen LogP contribution in [0.25, 0.3) is 10.8 Å². The van der Waals surface area contributed by atoms with Crippen LogP contribution in [0.3, 0.4) is 0 Å². The normalized spacial score (nSPS) is 37.3. The fourth-order valence-electron chi connectivity index (χ4n) is 11.5. The minimum Gasteiger partial charge on any atom is -0.410 e. The molecule has 0 radical (unpaired) electrons. The number of aliphatic hydroxyl groups is 2. The highest BCUT2D eigenvalue weighted by Gasteiger charge is 2.74. The zero-order valence-corrected chi connectivity index (χ0v) is 30.0. The van der Waals surface area contributed by atoms with Gasteiger partial charge in [-0.2, -0.15) is 0 Å². The van der Waals surface area contributed by atoms with Crippen molar-refractivity contribution in [1.82, 2.24) is 4.90 Å². The number of aliphatic hydroxyl groups excluding tert-OH is 1. The summed E-state index contributed by atoms with van der Waals surface area (Å²) in [5, 5.41) is 25.9. The van der Waals surface area contributed by atoms with Gasteiger partial charge >= 0.3 is 6.09 Å². The number of carbonyl (C=O) groups is 2. The molecule has 1 heterocycles. The van der Waals surface area contributed by atoms with Crippen molar-refractivity contribution in [3.63, 3.8) is 0 Å². The fourth-order valence-corrected chi connectivity index (χ4v) is 12.3. The van der Waals surface area contributed by atoms with Crippen molar-refractivity contribution in [3.05, 3.63) is 88.2 Å². The van der Waals surface area contributed by atoms with Gasteiger partial charge in [0.05, 0.1) is 23.1 Å². The number of aryl methyl sites for hydroxylation is 1. The molecule has 2 spiro atoms. The van der Waals surface area contributed by atoms with Crippen LogP contribution in [0, 0.1) is 40.4 Å². The van der Waals surface area contributed by atoms with Gasteiger partial charge in [0, 0.05) is 33.2 Å². The molecule has 3 aromatic rings. The predicted octanol–water partition coefficient (Wildman–Crippen LogP) is 8.89. The van der Waals surface area contributed by atoms with Gasteiger partial charge in [-0.05, 0) is 111 Å². The molecule has 9 rings (SSSR count). The van der Waals surface area contributed by atoms with Gasteiger partial charge in [0.25, 0.3) is 0 Å². The summed E-state index contributed by atoms with van der Waals surface area (Å²) >= 11 is 1.55. The highest BCUT2D eigenvalue weighted by molar-refractivity contribution is 7.14. The number of Topliss-reactive ketones (excluding diaryl/α,β-unsaturated/α-hetero) is 1. The van der Waals surface area contributed by atoms with Gasteiger partial charge in [-0.1, -0.05) is 69.3 Å². The van der Waals surface area contributed by atoms with Crippen molar-refractivity contribution < 1.29 is 24.5 Å². The van der Waals surface area contributed by atoms with Gasteiger partial charge in [-0.15, -0.1) is 11.3 Å². The topological polar surface area (TPSA) is 87.1 Å². The van der Waals surface area contributed by atoms with Gasteiger partial charge in [-0.25, -0.2) is 4.79 Å². The Hall–Kier alpha value is -3.26.